The van der Waals surface area contributed by atoms with Crippen LogP contribution >= 0.6 is 11.3 Å². The molecule has 2 aromatic rings. The van der Waals surface area contributed by atoms with Gasteiger partial charge in [-0.15, -0.1) is 11.3 Å². The summed E-state index contributed by atoms with van der Waals surface area (Å²) in [7, 11) is 0. The van der Waals surface area contributed by atoms with E-state index in [1.54, 1.807) is 24.3 Å². The number of amides is 1. The second-order valence-electron chi connectivity index (χ2n) is 5.59. The fourth-order valence-corrected chi connectivity index (χ4v) is 4.12. The quantitative estimate of drug-likeness (QED) is 0.817. The lowest BCUT2D eigenvalue weighted by Crippen LogP contribution is -2.16. The number of carbonyl (C=O) groups is 2. The lowest BCUT2D eigenvalue weighted by Gasteiger charge is -2.12. The Morgan fingerprint density at radius 2 is 1.92 bits per heavy atom. The normalized spacial score (nSPS) is 13.2. The van der Waals surface area contributed by atoms with Crippen molar-refractivity contribution in [1.29, 1.82) is 0 Å². The van der Waals surface area contributed by atoms with Gasteiger partial charge in [0.2, 0.25) is 0 Å². The van der Waals surface area contributed by atoms with E-state index in [-0.39, 0.29) is 19.1 Å². The number of hydrogen-bond donors (Lipinski definition) is 2. The highest BCUT2D eigenvalue weighted by atomic mass is 32.1. The Bertz CT molecular complexity index is 739. The third kappa shape index (κ3) is 3.49. The predicted octanol–water partition coefficient (Wildman–Crippen LogP) is 3.03. The molecule has 0 bridgehead atoms. The molecule has 0 fully saturated rings. The average molecular weight is 345 g/mol. The molecule has 24 heavy (non-hydrogen) atoms. The zero-order chi connectivity index (χ0) is 16.9. The molecular weight excluding hydrogens is 326 g/mol. The molecule has 3 rings (SSSR count). The second-order valence-corrected chi connectivity index (χ2v) is 6.70. The van der Waals surface area contributed by atoms with Crippen molar-refractivity contribution in [3.63, 3.8) is 0 Å². The van der Waals surface area contributed by atoms with E-state index in [0.717, 1.165) is 36.1 Å². The maximum Gasteiger partial charge on any atom is 0.341 e. The number of nitrogens with one attached hydrogen (secondary N) is 1. The minimum Gasteiger partial charge on any atom is -0.460 e. The summed E-state index contributed by atoms with van der Waals surface area (Å²) in [6.07, 6.45) is 3.85. The van der Waals surface area contributed by atoms with Gasteiger partial charge < -0.3 is 15.2 Å². The van der Waals surface area contributed by atoms with Crippen molar-refractivity contribution in [1.82, 2.24) is 0 Å². The smallest absolute Gasteiger partial charge is 0.341 e. The second kappa shape index (κ2) is 7.59. The van der Waals surface area contributed by atoms with Gasteiger partial charge in [-0.25, -0.2) is 4.79 Å². The molecule has 2 N–H and O–H groups in total. The Morgan fingerprint density at radius 3 is 2.67 bits per heavy atom. The zero-order valence-corrected chi connectivity index (χ0v) is 14.0. The lowest BCUT2D eigenvalue weighted by atomic mass is 9.95. The van der Waals surface area contributed by atoms with Crippen LogP contribution in [0, 0.1) is 0 Å². The van der Waals surface area contributed by atoms with Gasteiger partial charge in [0, 0.05) is 10.4 Å². The van der Waals surface area contributed by atoms with Crippen LogP contribution in [-0.4, -0.2) is 30.2 Å². The summed E-state index contributed by atoms with van der Waals surface area (Å²) in [5.41, 5.74) is 1.98. The molecule has 0 spiro atoms. The highest BCUT2D eigenvalue weighted by Crippen LogP contribution is 2.38. The first-order chi connectivity index (χ1) is 11.7. The Hall–Kier alpha value is -2.18. The number of aliphatic hydroxyl groups excluding tert-OH is 1. The van der Waals surface area contributed by atoms with E-state index in [1.807, 2.05) is 6.07 Å². The fraction of sp³-hybridized carbons (Fsp3) is 0.333. The summed E-state index contributed by atoms with van der Waals surface area (Å²) in [5, 5.41) is 12.3. The molecule has 0 unspecified atom stereocenters. The maximum absolute atomic E-state index is 12.4. The highest BCUT2D eigenvalue weighted by Gasteiger charge is 2.27. The molecule has 6 heteroatoms. The number of aliphatic hydroxyl groups is 1. The molecule has 126 valence electrons. The van der Waals surface area contributed by atoms with Crippen LogP contribution in [0.4, 0.5) is 5.00 Å². The number of benzene rings is 1. The molecule has 0 saturated heterocycles. The number of aryl methyl sites for hydroxylation is 1. The average Bonchev–Trinajstić information content (AvgIpc) is 2.98. The largest absolute Gasteiger partial charge is 0.460 e. The standard InChI is InChI=1S/C18H19NO4S/c20-10-11-23-18(22)15-13-8-4-5-9-14(13)24-17(15)19-16(21)12-6-2-1-3-7-12/h1-3,6-7,20H,4-5,8-11H2,(H,19,21). The monoisotopic (exact) mass is 345 g/mol. The van der Waals surface area contributed by atoms with Gasteiger partial charge in [-0.2, -0.15) is 0 Å². The molecule has 0 atom stereocenters. The summed E-state index contributed by atoms with van der Waals surface area (Å²) in [6, 6.07) is 8.90. The number of esters is 1. The summed E-state index contributed by atoms with van der Waals surface area (Å²) in [5.74, 6) is -0.725. The Labute approximate surface area is 144 Å². The summed E-state index contributed by atoms with van der Waals surface area (Å²) in [6.45, 7) is -0.265. The molecule has 1 aromatic heterocycles. The molecular formula is C18H19NO4S. The van der Waals surface area contributed by atoms with Crippen LogP contribution in [0.25, 0.3) is 0 Å². The first-order valence-electron chi connectivity index (χ1n) is 7.99. The molecule has 1 aromatic carbocycles. The summed E-state index contributed by atoms with van der Waals surface area (Å²) in [4.78, 5) is 26.0. The van der Waals surface area contributed by atoms with E-state index in [2.05, 4.69) is 5.32 Å². The van der Waals surface area contributed by atoms with E-state index in [0.29, 0.717) is 16.1 Å². The zero-order valence-electron chi connectivity index (χ0n) is 13.2. The van der Waals surface area contributed by atoms with Gasteiger partial charge in [0.05, 0.1) is 12.2 Å². The van der Waals surface area contributed by atoms with Gasteiger partial charge in [-0.1, -0.05) is 18.2 Å². The highest BCUT2D eigenvalue weighted by molar-refractivity contribution is 7.17. The van der Waals surface area contributed by atoms with Crippen LogP contribution in [0.1, 0.15) is 44.0 Å². The van der Waals surface area contributed by atoms with Crippen LogP contribution in [0.5, 0.6) is 0 Å². The molecule has 1 heterocycles. The number of anilines is 1. The van der Waals surface area contributed by atoms with Crippen LogP contribution < -0.4 is 5.32 Å². The van der Waals surface area contributed by atoms with Gasteiger partial charge in [-0.05, 0) is 43.4 Å². The number of thiophene rings is 1. The number of ether oxygens (including phenoxy) is 1. The van der Waals surface area contributed by atoms with Gasteiger partial charge in [0.15, 0.2) is 0 Å². The van der Waals surface area contributed by atoms with Crippen molar-refractivity contribution in [2.75, 3.05) is 18.5 Å². The number of carbonyl (C=O) groups excluding carboxylic acids is 2. The molecule has 5 nitrogen and oxygen atoms in total. The Kier molecular flexibility index (Phi) is 5.27. The third-order valence-electron chi connectivity index (χ3n) is 3.96. The van der Waals surface area contributed by atoms with E-state index < -0.39 is 5.97 Å². The lowest BCUT2D eigenvalue weighted by molar-refractivity contribution is 0.0434. The van der Waals surface area contributed by atoms with Gasteiger partial charge in [0.25, 0.3) is 5.91 Å². The first-order valence-corrected chi connectivity index (χ1v) is 8.81. The van der Waals surface area contributed by atoms with Crippen LogP contribution in [0.2, 0.25) is 0 Å². The maximum atomic E-state index is 12.4. The fourth-order valence-electron chi connectivity index (χ4n) is 2.85. The molecule has 1 aliphatic rings. The minimum absolute atomic E-state index is 0.0461. The Balaban J connectivity index is 1.90. The van der Waals surface area contributed by atoms with E-state index >= 15 is 0 Å². The first kappa shape index (κ1) is 16.7. The number of fused-ring (bicyclic) bond motifs is 1. The van der Waals surface area contributed by atoms with Crippen molar-refractivity contribution in [2.24, 2.45) is 0 Å². The van der Waals surface area contributed by atoms with Crippen LogP contribution in [-0.2, 0) is 17.6 Å². The van der Waals surface area contributed by atoms with Gasteiger partial charge >= 0.3 is 5.97 Å². The Morgan fingerprint density at radius 1 is 1.17 bits per heavy atom. The van der Waals surface area contributed by atoms with Crippen molar-refractivity contribution in [2.45, 2.75) is 25.7 Å². The topological polar surface area (TPSA) is 75.6 Å². The van der Waals surface area contributed by atoms with Crippen LogP contribution in [0.3, 0.4) is 0 Å². The summed E-state index contributed by atoms with van der Waals surface area (Å²) >= 11 is 1.45. The molecule has 0 radical (unpaired) electrons. The van der Waals surface area contributed by atoms with Crippen LogP contribution in [0.15, 0.2) is 30.3 Å². The van der Waals surface area contributed by atoms with Gasteiger partial charge in [-0.3, -0.25) is 4.79 Å². The van der Waals surface area contributed by atoms with Gasteiger partial charge in [0.1, 0.15) is 11.6 Å². The molecule has 1 amide bonds. The molecule has 1 aliphatic carbocycles. The molecule has 0 aliphatic heterocycles. The van der Waals surface area contributed by atoms with E-state index in [1.165, 1.54) is 11.3 Å². The van der Waals surface area contributed by atoms with E-state index in [4.69, 9.17) is 9.84 Å². The number of hydrogen-bond acceptors (Lipinski definition) is 5. The SMILES string of the molecule is O=C(Nc1sc2c(c1C(=O)OCCO)CCCC2)c1ccccc1. The van der Waals surface area contributed by atoms with E-state index in [9.17, 15) is 9.59 Å². The van der Waals surface area contributed by atoms with Crippen molar-refractivity contribution < 1.29 is 19.4 Å². The third-order valence-corrected chi connectivity index (χ3v) is 5.17. The number of rotatable bonds is 5. The van der Waals surface area contributed by atoms with Crippen molar-refractivity contribution in [3.05, 3.63) is 51.9 Å². The predicted molar refractivity (Wildman–Crippen MR) is 92.7 cm³/mol. The van der Waals surface area contributed by atoms with Crippen molar-refractivity contribution in [3.8, 4) is 0 Å². The minimum atomic E-state index is -0.480. The molecule has 0 saturated carbocycles. The summed E-state index contributed by atoms with van der Waals surface area (Å²) < 4.78 is 5.10. The van der Waals surface area contributed by atoms with Crippen molar-refractivity contribution >= 4 is 28.2 Å².